The van der Waals surface area contributed by atoms with Crippen molar-refractivity contribution >= 4 is 0 Å². The van der Waals surface area contributed by atoms with E-state index >= 15 is 0 Å². The summed E-state index contributed by atoms with van der Waals surface area (Å²) in [5.41, 5.74) is 3.38. The maximum Gasteiger partial charge on any atom is 0.126 e. The Bertz CT molecular complexity index is 437. The van der Waals surface area contributed by atoms with Gasteiger partial charge in [-0.1, -0.05) is 30.7 Å². The first kappa shape index (κ1) is 13.3. The van der Waals surface area contributed by atoms with Crippen LogP contribution in [0.25, 0.3) is 0 Å². The lowest BCUT2D eigenvalue weighted by atomic mass is 9.89. The molecule has 0 aliphatic heterocycles. The van der Waals surface area contributed by atoms with Gasteiger partial charge in [0.25, 0.3) is 0 Å². The lowest BCUT2D eigenvalue weighted by Crippen LogP contribution is -2.23. The fourth-order valence-electron chi connectivity index (χ4n) is 2.64. The molecule has 2 heteroatoms. The molecule has 1 aromatic carbocycles. The minimum atomic E-state index is -0.119. The van der Waals surface area contributed by atoms with Crippen molar-refractivity contribution in [2.75, 3.05) is 6.54 Å². The largest absolute Gasteiger partial charge is 0.307 e. The summed E-state index contributed by atoms with van der Waals surface area (Å²) >= 11 is 0. The minimum absolute atomic E-state index is 0.119. The molecule has 0 aromatic heterocycles. The molecule has 1 unspecified atom stereocenters. The highest BCUT2D eigenvalue weighted by Crippen LogP contribution is 2.30. The van der Waals surface area contributed by atoms with Crippen LogP contribution in [0.1, 0.15) is 49.8 Å². The zero-order valence-electron chi connectivity index (χ0n) is 11.3. The molecule has 0 saturated heterocycles. The molecular formula is C16H22FN. The molecule has 0 bridgehead atoms. The molecule has 0 spiro atoms. The summed E-state index contributed by atoms with van der Waals surface area (Å²) in [4.78, 5) is 0. The van der Waals surface area contributed by atoms with Gasteiger partial charge in [0.2, 0.25) is 0 Å². The minimum Gasteiger partial charge on any atom is -0.307 e. The van der Waals surface area contributed by atoms with Crippen LogP contribution >= 0.6 is 0 Å². The van der Waals surface area contributed by atoms with Gasteiger partial charge in [0.05, 0.1) is 6.04 Å². The number of halogens is 1. The van der Waals surface area contributed by atoms with E-state index in [1.807, 2.05) is 19.1 Å². The van der Waals surface area contributed by atoms with Crippen molar-refractivity contribution in [3.8, 4) is 0 Å². The molecule has 1 aliphatic carbocycles. The molecule has 0 heterocycles. The Labute approximate surface area is 109 Å². The van der Waals surface area contributed by atoms with Gasteiger partial charge in [0.15, 0.2) is 0 Å². The van der Waals surface area contributed by atoms with Gasteiger partial charge < -0.3 is 5.32 Å². The second-order valence-electron chi connectivity index (χ2n) is 5.02. The molecule has 2 rings (SSSR count). The van der Waals surface area contributed by atoms with Crippen LogP contribution in [-0.4, -0.2) is 6.54 Å². The van der Waals surface area contributed by atoms with Gasteiger partial charge in [-0.3, -0.25) is 0 Å². The average Bonchev–Trinajstić information content (AvgIpc) is 2.40. The van der Waals surface area contributed by atoms with Gasteiger partial charge in [-0.05, 0) is 56.3 Å². The highest BCUT2D eigenvalue weighted by molar-refractivity contribution is 5.32. The monoisotopic (exact) mass is 247 g/mol. The Balaban J connectivity index is 2.28. The summed E-state index contributed by atoms with van der Waals surface area (Å²) in [5, 5.41) is 3.52. The summed E-state index contributed by atoms with van der Waals surface area (Å²) in [6.07, 6.45) is 7.26. The summed E-state index contributed by atoms with van der Waals surface area (Å²) in [7, 11) is 0. The third-order valence-corrected chi connectivity index (χ3v) is 3.62. The standard InChI is InChI=1S/C16H22FN/c1-3-18-16(13-7-5-4-6-8-13)14-9-10-15(17)12(2)11-14/h7,9-11,16,18H,3-6,8H2,1-2H3. The normalized spacial score (nSPS) is 17.4. The van der Waals surface area contributed by atoms with Crippen LogP contribution in [0.2, 0.25) is 0 Å². The predicted molar refractivity (Wildman–Crippen MR) is 74.1 cm³/mol. The van der Waals surface area contributed by atoms with E-state index in [9.17, 15) is 4.39 Å². The second kappa shape index (κ2) is 6.14. The van der Waals surface area contributed by atoms with Crippen molar-refractivity contribution in [1.82, 2.24) is 5.32 Å². The van der Waals surface area contributed by atoms with Crippen LogP contribution in [0.5, 0.6) is 0 Å². The Hall–Kier alpha value is -1.15. The number of nitrogens with one attached hydrogen (secondary N) is 1. The van der Waals surface area contributed by atoms with Crippen LogP contribution in [-0.2, 0) is 0 Å². The molecule has 1 aliphatic rings. The van der Waals surface area contributed by atoms with Crippen LogP contribution in [0.4, 0.5) is 4.39 Å². The van der Waals surface area contributed by atoms with Crippen LogP contribution in [0, 0.1) is 12.7 Å². The maximum atomic E-state index is 13.4. The van der Waals surface area contributed by atoms with E-state index in [1.54, 1.807) is 6.07 Å². The van der Waals surface area contributed by atoms with E-state index in [1.165, 1.54) is 30.4 Å². The van der Waals surface area contributed by atoms with Crippen molar-refractivity contribution in [3.63, 3.8) is 0 Å². The fourth-order valence-corrected chi connectivity index (χ4v) is 2.64. The average molecular weight is 247 g/mol. The number of likely N-dealkylation sites (N-methyl/N-ethyl adjacent to an activating group) is 1. The van der Waals surface area contributed by atoms with Gasteiger partial charge in [-0.2, -0.15) is 0 Å². The van der Waals surface area contributed by atoms with Gasteiger partial charge in [-0.25, -0.2) is 4.39 Å². The van der Waals surface area contributed by atoms with E-state index in [0.29, 0.717) is 0 Å². The highest BCUT2D eigenvalue weighted by atomic mass is 19.1. The number of rotatable bonds is 4. The van der Waals surface area contributed by atoms with Crippen molar-refractivity contribution in [1.29, 1.82) is 0 Å². The molecule has 0 radical (unpaired) electrons. The smallest absolute Gasteiger partial charge is 0.126 e. The van der Waals surface area contributed by atoms with Crippen molar-refractivity contribution in [2.45, 2.75) is 45.6 Å². The topological polar surface area (TPSA) is 12.0 Å². The molecule has 98 valence electrons. The van der Waals surface area contributed by atoms with E-state index in [-0.39, 0.29) is 11.9 Å². The van der Waals surface area contributed by atoms with Gasteiger partial charge >= 0.3 is 0 Å². The summed E-state index contributed by atoms with van der Waals surface area (Å²) in [6, 6.07) is 5.72. The Morgan fingerprint density at radius 2 is 2.17 bits per heavy atom. The van der Waals surface area contributed by atoms with E-state index in [0.717, 1.165) is 18.5 Å². The maximum absolute atomic E-state index is 13.4. The van der Waals surface area contributed by atoms with Crippen LogP contribution in [0.15, 0.2) is 29.8 Å². The molecule has 1 N–H and O–H groups in total. The summed E-state index contributed by atoms with van der Waals surface area (Å²) in [5.74, 6) is -0.119. The predicted octanol–water partition coefficient (Wildman–Crippen LogP) is 4.29. The van der Waals surface area contributed by atoms with E-state index < -0.39 is 0 Å². The quantitative estimate of drug-likeness (QED) is 0.783. The van der Waals surface area contributed by atoms with E-state index in [4.69, 9.17) is 0 Å². The van der Waals surface area contributed by atoms with Crippen LogP contribution in [0.3, 0.4) is 0 Å². The third kappa shape index (κ3) is 2.99. The molecular weight excluding hydrogens is 225 g/mol. The number of hydrogen-bond donors (Lipinski definition) is 1. The molecule has 0 saturated carbocycles. The number of benzene rings is 1. The fraction of sp³-hybridized carbons (Fsp3) is 0.500. The van der Waals surface area contributed by atoms with Gasteiger partial charge in [0.1, 0.15) is 5.82 Å². The van der Waals surface area contributed by atoms with Crippen molar-refractivity contribution in [3.05, 3.63) is 46.8 Å². The zero-order valence-corrected chi connectivity index (χ0v) is 11.3. The number of aryl methyl sites for hydroxylation is 1. The number of hydrogen-bond acceptors (Lipinski definition) is 1. The first-order valence-electron chi connectivity index (χ1n) is 6.90. The molecule has 0 amide bonds. The first-order chi connectivity index (χ1) is 8.72. The van der Waals surface area contributed by atoms with Crippen molar-refractivity contribution in [2.24, 2.45) is 0 Å². The van der Waals surface area contributed by atoms with Crippen LogP contribution < -0.4 is 5.32 Å². The molecule has 1 nitrogen and oxygen atoms in total. The summed E-state index contributed by atoms with van der Waals surface area (Å²) < 4.78 is 13.4. The third-order valence-electron chi connectivity index (χ3n) is 3.62. The van der Waals surface area contributed by atoms with Gasteiger partial charge in [-0.15, -0.1) is 0 Å². The number of allylic oxidation sites excluding steroid dienone is 1. The molecule has 18 heavy (non-hydrogen) atoms. The zero-order chi connectivity index (χ0) is 13.0. The van der Waals surface area contributed by atoms with E-state index in [2.05, 4.69) is 18.3 Å². The van der Waals surface area contributed by atoms with Crippen molar-refractivity contribution < 1.29 is 4.39 Å². The highest BCUT2D eigenvalue weighted by Gasteiger charge is 2.17. The second-order valence-corrected chi connectivity index (χ2v) is 5.02. The Morgan fingerprint density at radius 3 is 2.78 bits per heavy atom. The lowest BCUT2D eigenvalue weighted by molar-refractivity contribution is 0.560. The molecule has 1 aromatic rings. The Morgan fingerprint density at radius 1 is 1.33 bits per heavy atom. The molecule has 0 fully saturated rings. The lowest BCUT2D eigenvalue weighted by Gasteiger charge is -2.25. The summed E-state index contributed by atoms with van der Waals surface area (Å²) in [6.45, 7) is 4.88. The first-order valence-corrected chi connectivity index (χ1v) is 6.90. The molecule has 1 atom stereocenters. The SMILES string of the molecule is CCNC(C1=CCCCC1)c1ccc(F)c(C)c1. The Kier molecular flexibility index (Phi) is 4.54. The van der Waals surface area contributed by atoms with Gasteiger partial charge in [0, 0.05) is 0 Å².